The van der Waals surface area contributed by atoms with E-state index in [0.717, 1.165) is 37.1 Å². The van der Waals surface area contributed by atoms with Gasteiger partial charge in [0.05, 0.1) is 6.61 Å². The van der Waals surface area contributed by atoms with E-state index in [1.165, 1.54) is 0 Å². The highest BCUT2D eigenvalue weighted by Gasteiger charge is 2.27. The number of aliphatic hydroxyl groups is 1. The van der Waals surface area contributed by atoms with Crippen LogP contribution in [-0.2, 0) is 13.0 Å². The highest BCUT2D eigenvalue weighted by molar-refractivity contribution is 5.94. The monoisotopic (exact) mass is 280 g/mol. The maximum atomic E-state index is 12.3. The number of nitrogens with zero attached hydrogens (tertiary/aromatic N) is 1. The average molecular weight is 280 g/mol. The van der Waals surface area contributed by atoms with Crippen LogP contribution in [0.5, 0.6) is 0 Å². The Balaban J connectivity index is 2.04. The first-order valence-electron chi connectivity index (χ1n) is 7.31. The molecule has 1 amide bonds. The molecule has 1 aliphatic rings. The zero-order chi connectivity index (χ0) is 14.6. The normalized spacial score (nSPS) is 14.9. The predicted octanol–water partition coefficient (Wildman–Crippen LogP) is 0.584. The van der Waals surface area contributed by atoms with Crippen molar-refractivity contribution in [2.45, 2.75) is 39.7 Å². The molecule has 1 aromatic rings. The SMILES string of the molecule is CCC(CC)(CO)CNC(=O)c1n[nH]c2c1CNCC2. The molecule has 0 unspecified atom stereocenters. The van der Waals surface area contributed by atoms with Crippen LogP contribution < -0.4 is 10.6 Å². The van der Waals surface area contributed by atoms with Crippen LogP contribution in [0.1, 0.15) is 48.4 Å². The fraction of sp³-hybridized carbons (Fsp3) is 0.714. The number of hydrogen-bond acceptors (Lipinski definition) is 4. The van der Waals surface area contributed by atoms with E-state index in [9.17, 15) is 9.90 Å². The number of fused-ring (bicyclic) bond motifs is 1. The molecule has 0 atom stereocenters. The number of carbonyl (C=O) groups is 1. The fourth-order valence-corrected chi connectivity index (χ4v) is 2.54. The fourth-order valence-electron chi connectivity index (χ4n) is 2.54. The van der Waals surface area contributed by atoms with E-state index >= 15 is 0 Å². The lowest BCUT2D eigenvalue weighted by atomic mass is 9.83. The Morgan fingerprint density at radius 1 is 1.45 bits per heavy atom. The number of amides is 1. The van der Waals surface area contributed by atoms with Gasteiger partial charge in [0, 0.05) is 42.7 Å². The maximum absolute atomic E-state index is 12.3. The van der Waals surface area contributed by atoms with Crippen molar-refractivity contribution in [1.82, 2.24) is 20.8 Å². The zero-order valence-electron chi connectivity index (χ0n) is 12.3. The Labute approximate surface area is 119 Å². The van der Waals surface area contributed by atoms with Gasteiger partial charge >= 0.3 is 0 Å². The van der Waals surface area contributed by atoms with Gasteiger partial charge in [-0.3, -0.25) is 9.89 Å². The van der Waals surface area contributed by atoms with Crippen LogP contribution in [0.25, 0.3) is 0 Å². The van der Waals surface area contributed by atoms with Gasteiger partial charge in [-0.15, -0.1) is 0 Å². The van der Waals surface area contributed by atoms with E-state index in [-0.39, 0.29) is 17.9 Å². The summed E-state index contributed by atoms with van der Waals surface area (Å²) in [6.07, 6.45) is 2.54. The first-order valence-corrected chi connectivity index (χ1v) is 7.31. The quantitative estimate of drug-likeness (QED) is 0.614. The Kier molecular flexibility index (Phi) is 4.77. The molecule has 0 fully saturated rings. The minimum atomic E-state index is -0.232. The molecule has 6 heteroatoms. The number of rotatable bonds is 6. The van der Waals surface area contributed by atoms with Crippen molar-refractivity contribution in [3.63, 3.8) is 0 Å². The number of hydrogen-bond donors (Lipinski definition) is 4. The zero-order valence-corrected chi connectivity index (χ0v) is 12.3. The second-order valence-electron chi connectivity index (χ2n) is 5.50. The number of carbonyl (C=O) groups excluding carboxylic acids is 1. The molecule has 20 heavy (non-hydrogen) atoms. The number of nitrogens with one attached hydrogen (secondary N) is 3. The molecule has 0 saturated carbocycles. The van der Waals surface area contributed by atoms with Crippen LogP contribution in [0.3, 0.4) is 0 Å². The largest absolute Gasteiger partial charge is 0.396 e. The molecule has 6 nitrogen and oxygen atoms in total. The van der Waals surface area contributed by atoms with Crippen molar-refractivity contribution < 1.29 is 9.90 Å². The summed E-state index contributed by atoms with van der Waals surface area (Å²) in [5.41, 5.74) is 2.26. The molecule has 0 radical (unpaired) electrons. The van der Waals surface area contributed by atoms with E-state index < -0.39 is 0 Å². The molecule has 0 bridgehead atoms. The average Bonchev–Trinajstić information content (AvgIpc) is 2.93. The molecule has 4 N–H and O–H groups in total. The number of H-pyrrole nitrogens is 1. The number of aliphatic hydroxyl groups excluding tert-OH is 1. The minimum absolute atomic E-state index is 0.0838. The van der Waals surface area contributed by atoms with Crippen LogP contribution in [0, 0.1) is 5.41 Å². The Hall–Kier alpha value is -1.40. The molecular weight excluding hydrogens is 256 g/mol. The second-order valence-corrected chi connectivity index (χ2v) is 5.50. The van der Waals surface area contributed by atoms with Gasteiger partial charge in [0.25, 0.3) is 5.91 Å². The van der Waals surface area contributed by atoms with Crippen LogP contribution in [0.2, 0.25) is 0 Å². The van der Waals surface area contributed by atoms with Crippen LogP contribution in [0.15, 0.2) is 0 Å². The van der Waals surface area contributed by atoms with E-state index in [1.807, 2.05) is 13.8 Å². The van der Waals surface area contributed by atoms with Crippen molar-refractivity contribution in [2.24, 2.45) is 5.41 Å². The highest BCUT2D eigenvalue weighted by Crippen LogP contribution is 2.24. The van der Waals surface area contributed by atoms with Crippen molar-refractivity contribution in [3.8, 4) is 0 Å². The Morgan fingerprint density at radius 3 is 2.85 bits per heavy atom. The summed E-state index contributed by atoms with van der Waals surface area (Å²) in [7, 11) is 0. The molecule has 0 spiro atoms. The molecule has 0 aliphatic carbocycles. The lowest BCUT2D eigenvalue weighted by Gasteiger charge is -2.29. The van der Waals surface area contributed by atoms with Gasteiger partial charge < -0.3 is 15.7 Å². The lowest BCUT2D eigenvalue weighted by Crippen LogP contribution is -2.40. The predicted molar refractivity (Wildman–Crippen MR) is 76.4 cm³/mol. The Bertz CT molecular complexity index is 457. The summed E-state index contributed by atoms with van der Waals surface area (Å²) in [5.74, 6) is -0.161. The van der Waals surface area contributed by atoms with Crippen LogP contribution >= 0.6 is 0 Å². The molecule has 112 valence electrons. The summed E-state index contributed by atoms with van der Waals surface area (Å²) in [5, 5.41) is 22.8. The second kappa shape index (κ2) is 6.37. The van der Waals surface area contributed by atoms with Gasteiger partial charge in [-0.2, -0.15) is 5.10 Å². The van der Waals surface area contributed by atoms with Gasteiger partial charge in [0.15, 0.2) is 5.69 Å². The summed E-state index contributed by atoms with van der Waals surface area (Å²) in [6.45, 7) is 6.22. The van der Waals surface area contributed by atoms with Gasteiger partial charge in [0.1, 0.15) is 0 Å². The number of aromatic nitrogens is 2. The molecule has 1 aromatic heterocycles. The molecule has 1 aliphatic heterocycles. The highest BCUT2D eigenvalue weighted by atomic mass is 16.3. The standard InChI is InChI=1S/C14H24N4O2/c1-3-14(4-2,9-19)8-16-13(20)12-10-7-15-6-5-11(10)17-18-12/h15,19H,3-9H2,1-2H3,(H,16,20)(H,17,18). The first kappa shape index (κ1) is 15.0. The van der Waals surface area contributed by atoms with Gasteiger partial charge in [-0.1, -0.05) is 13.8 Å². The van der Waals surface area contributed by atoms with E-state index in [2.05, 4.69) is 20.8 Å². The van der Waals surface area contributed by atoms with Crippen LogP contribution in [-0.4, -0.2) is 40.9 Å². The lowest BCUT2D eigenvalue weighted by molar-refractivity contribution is 0.0846. The summed E-state index contributed by atoms with van der Waals surface area (Å²) < 4.78 is 0. The third-order valence-corrected chi connectivity index (χ3v) is 4.48. The van der Waals surface area contributed by atoms with Gasteiger partial charge in [-0.25, -0.2) is 0 Å². The summed E-state index contributed by atoms with van der Waals surface area (Å²) in [4.78, 5) is 12.3. The molecule has 0 saturated heterocycles. The van der Waals surface area contributed by atoms with Crippen LogP contribution in [0.4, 0.5) is 0 Å². The van der Waals surface area contributed by atoms with E-state index in [0.29, 0.717) is 18.8 Å². The smallest absolute Gasteiger partial charge is 0.272 e. The molecular formula is C14H24N4O2. The van der Waals surface area contributed by atoms with Gasteiger partial charge in [0.2, 0.25) is 0 Å². The molecule has 2 rings (SSSR count). The topological polar surface area (TPSA) is 90.0 Å². The molecule has 2 heterocycles. The van der Waals surface area contributed by atoms with Gasteiger partial charge in [-0.05, 0) is 12.8 Å². The van der Waals surface area contributed by atoms with Crippen molar-refractivity contribution >= 4 is 5.91 Å². The molecule has 0 aromatic carbocycles. The number of aromatic amines is 1. The summed E-state index contributed by atoms with van der Waals surface area (Å²) in [6, 6.07) is 0. The third kappa shape index (κ3) is 2.86. The van der Waals surface area contributed by atoms with Crippen molar-refractivity contribution in [3.05, 3.63) is 17.0 Å². The third-order valence-electron chi connectivity index (χ3n) is 4.48. The Morgan fingerprint density at radius 2 is 2.20 bits per heavy atom. The summed E-state index contributed by atoms with van der Waals surface area (Å²) >= 11 is 0. The van der Waals surface area contributed by atoms with Crippen molar-refractivity contribution in [2.75, 3.05) is 19.7 Å². The van der Waals surface area contributed by atoms with Crippen molar-refractivity contribution in [1.29, 1.82) is 0 Å². The minimum Gasteiger partial charge on any atom is -0.396 e. The first-order chi connectivity index (χ1) is 9.65. The van der Waals surface area contributed by atoms with E-state index in [4.69, 9.17) is 0 Å². The van der Waals surface area contributed by atoms with E-state index in [1.54, 1.807) is 0 Å². The maximum Gasteiger partial charge on any atom is 0.272 e.